The monoisotopic (exact) mass is 340 g/mol. The summed E-state index contributed by atoms with van der Waals surface area (Å²) in [7, 11) is 0. The summed E-state index contributed by atoms with van der Waals surface area (Å²) in [4.78, 5) is 2.66. The van der Waals surface area contributed by atoms with Crippen molar-refractivity contribution in [2.24, 2.45) is 0 Å². The van der Waals surface area contributed by atoms with Crippen LogP contribution >= 0.6 is 0 Å². The van der Waals surface area contributed by atoms with Gasteiger partial charge in [-0.05, 0) is 0 Å². The van der Waals surface area contributed by atoms with Gasteiger partial charge in [0, 0.05) is 0 Å². The molecule has 0 spiro atoms. The quantitative estimate of drug-likeness (QED) is 0.693. The second kappa shape index (κ2) is 5.13. The molecule has 0 fully saturated rings. The predicted octanol–water partition coefficient (Wildman–Crippen LogP) is 4.82. The molecule has 0 N–H and O–H groups in total. The summed E-state index contributed by atoms with van der Waals surface area (Å²) < 4.78 is 1.70. The van der Waals surface area contributed by atoms with Gasteiger partial charge in [-0.2, -0.15) is 0 Å². The van der Waals surface area contributed by atoms with Gasteiger partial charge in [0.25, 0.3) is 0 Å². The Morgan fingerprint density at radius 2 is 1.38 bits per heavy atom. The van der Waals surface area contributed by atoms with Gasteiger partial charge in [0.15, 0.2) is 0 Å². The Morgan fingerprint density at radius 1 is 0.875 bits per heavy atom. The first-order chi connectivity index (χ1) is 7.20. The number of hydrogen-bond acceptors (Lipinski definition) is 0. The van der Waals surface area contributed by atoms with Crippen molar-refractivity contribution < 1.29 is 0 Å². The van der Waals surface area contributed by atoms with Gasteiger partial charge in [-0.1, -0.05) is 0 Å². The van der Waals surface area contributed by atoms with E-state index >= 15 is 0 Å². The molecule has 0 radical (unpaired) electrons. The molecule has 88 valence electrons. The number of benzene rings is 1. The number of rotatable bonds is 3. The van der Waals surface area contributed by atoms with Crippen LogP contribution in [-0.4, -0.2) is 26.5 Å². The molecule has 16 heavy (non-hydrogen) atoms. The van der Waals surface area contributed by atoms with Crippen molar-refractivity contribution in [2.45, 2.75) is 34.5 Å². The Labute approximate surface area is 106 Å². The van der Waals surface area contributed by atoms with E-state index in [1.165, 1.54) is 5.56 Å². The first-order valence-corrected chi connectivity index (χ1v) is 20.8. The van der Waals surface area contributed by atoms with E-state index in [-0.39, 0.29) is 0 Å². The van der Waals surface area contributed by atoms with E-state index in [9.17, 15) is 0 Å². The summed E-state index contributed by atoms with van der Waals surface area (Å²) in [5.74, 6) is 14.9. The summed E-state index contributed by atoms with van der Waals surface area (Å²) >= 11 is -3.36. The third kappa shape index (κ3) is 4.50. The zero-order valence-electron chi connectivity index (χ0n) is 11.5. The van der Waals surface area contributed by atoms with E-state index in [1.54, 1.807) is 4.41 Å². The summed E-state index contributed by atoms with van der Waals surface area (Å²) in [5.41, 5.74) is 1.47. The van der Waals surface area contributed by atoms with E-state index in [0.29, 0.717) is 0 Å². The van der Waals surface area contributed by atoms with Gasteiger partial charge in [-0.25, -0.2) is 0 Å². The van der Waals surface area contributed by atoms with Crippen molar-refractivity contribution in [1.82, 2.24) is 0 Å². The Balaban J connectivity index is 3.24. The topological polar surface area (TPSA) is 0 Å². The van der Waals surface area contributed by atoms with Gasteiger partial charge in [0.2, 0.25) is 0 Å². The molecule has 0 aliphatic heterocycles. The van der Waals surface area contributed by atoms with Crippen LogP contribution in [0.4, 0.5) is 0 Å². The van der Waals surface area contributed by atoms with Crippen molar-refractivity contribution in [2.75, 3.05) is 0 Å². The van der Waals surface area contributed by atoms with Crippen LogP contribution in [0.5, 0.6) is 0 Å². The van der Waals surface area contributed by atoms with E-state index in [0.717, 1.165) is 0 Å². The summed E-state index contributed by atoms with van der Waals surface area (Å²) in [6.07, 6.45) is 0. The fourth-order valence-corrected chi connectivity index (χ4v) is 16.5. The predicted molar refractivity (Wildman–Crippen MR) is 81.1 cm³/mol. The Kier molecular flexibility index (Phi) is 4.53. The van der Waals surface area contributed by atoms with Crippen LogP contribution in [0, 0.1) is 0 Å². The van der Waals surface area contributed by atoms with Crippen molar-refractivity contribution in [1.29, 1.82) is 0 Å². The van der Waals surface area contributed by atoms with E-state index in [2.05, 4.69) is 69.8 Å². The zero-order chi connectivity index (χ0) is 12.4. The average molecular weight is 338 g/mol. The fraction of sp³-hybridized carbons (Fsp3) is 0.429. The van der Waals surface area contributed by atoms with Crippen LogP contribution in [0.3, 0.4) is 0 Å². The summed E-state index contributed by atoms with van der Waals surface area (Å²) in [6, 6.07) is 11.0. The molecule has 0 aliphatic carbocycles. The first-order valence-electron chi connectivity index (χ1n) is 5.99. The van der Waals surface area contributed by atoms with E-state index in [4.69, 9.17) is 0 Å². The van der Waals surface area contributed by atoms with Gasteiger partial charge in [-0.3, -0.25) is 0 Å². The van der Waals surface area contributed by atoms with Crippen LogP contribution in [0.1, 0.15) is 5.56 Å². The normalized spacial score (nSPS) is 14.0. The van der Waals surface area contributed by atoms with Gasteiger partial charge in [0.05, 0.1) is 0 Å². The SMILES string of the molecule is [CH3][Ge]([CH3])([CH3])/[CH]=[C](\c1ccccc1)[Ge]([CH3])([CH3])[CH3]. The summed E-state index contributed by atoms with van der Waals surface area (Å²) in [6.45, 7) is 0. The molecule has 1 aromatic carbocycles. The van der Waals surface area contributed by atoms with Crippen molar-refractivity contribution in [3.05, 3.63) is 40.8 Å². The molecule has 0 aromatic heterocycles. The van der Waals surface area contributed by atoms with Crippen LogP contribution in [-0.2, 0) is 0 Å². The van der Waals surface area contributed by atoms with Gasteiger partial charge >= 0.3 is 106 Å². The Morgan fingerprint density at radius 3 is 1.75 bits per heavy atom. The second-order valence-corrected chi connectivity index (χ2v) is 27.6. The molecule has 0 saturated heterocycles. The molecule has 0 amide bonds. The number of hydrogen-bond donors (Lipinski definition) is 0. The zero-order valence-corrected chi connectivity index (χ0v) is 15.7. The van der Waals surface area contributed by atoms with E-state index < -0.39 is 26.5 Å². The molecular formula is C14H24Ge2. The summed E-state index contributed by atoms with van der Waals surface area (Å²) in [5, 5.41) is 0. The van der Waals surface area contributed by atoms with Crippen molar-refractivity contribution in [3.8, 4) is 0 Å². The minimum absolute atomic E-state index is 1.47. The standard InChI is InChI=1S/C14H24Ge2/c1-15(2,3)12-14(16(4,5)6)13-10-8-7-9-11-13/h7-12H,1-6H3/b14-12+. The van der Waals surface area contributed by atoms with Gasteiger partial charge in [-0.15, -0.1) is 0 Å². The van der Waals surface area contributed by atoms with Crippen LogP contribution < -0.4 is 0 Å². The third-order valence-corrected chi connectivity index (χ3v) is 10.5. The fourth-order valence-electron chi connectivity index (χ4n) is 1.78. The Hall–Kier alpha value is 0.0457. The average Bonchev–Trinajstić information content (AvgIpc) is 2.13. The molecular weight excluding hydrogens is 313 g/mol. The minimum atomic E-state index is -1.74. The molecule has 1 aromatic rings. The molecule has 0 bridgehead atoms. The maximum atomic E-state index is 2.66. The van der Waals surface area contributed by atoms with Crippen LogP contribution in [0.15, 0.2) is 35.2 Å². The molecule has 0 atom stereocenters. The molecule has 0 unspecified atom stereocenters. The van der Waals surface area contributed by atoms with Crippen molar-refractivity contribution >= 4 is 30.9 Å². The van der Waals surface area contributed by atoms with Crippen molar-refractivity contribution in [3.63, 3.8) is 0 Å². The van der Waals surface area contributed by atoms with Gasteiger partial charge < -0.3 is 0 Å². The molecule has 0 nitrogen and oxygen atoms in total. The van der Waals surface area contributed by atoms with E-state index in [1.807, 2.05) is 0 Å². The molecule has 0 heterocycles. The van der Waals surface area contributed by atoms with Crippen LogP contribution in [0.2, 0.25) is 34.5 Å². The Bertz CT molecular complexity index is 364. The molecule has 2 heteroatoms. The van der Waals surface area contributed by atoms with Gasteiger partial charge in [0.1, 0.15) is 0 Å². The first kappa shape index (κ1) is 14.1. The third-order valence-electron chi connectivity index (χ3n) is 2.47. The molecule has 1 rings (SSSR count). The molecule has 0 saturated carbocycles. The maximum absolute atomic E-state index is 2.66. The van der Waals surface area contributed by atoms with Crippen LogP contribution in [0.25, 0.3) is 4.41 Å². The second-order valence-electron chi connectivity index (χ2n) is 6.54. The molecule has 0 aliphatic rings.